The van der Waals surface area contributed by atoms with Crippen molar-refractivity contribution in [3.05, 3.63) is 46.8 Å². The number of carbonyl (C=O) groups excluding carboxylic acids is 1. The summed E-state index contributed by atoms with van der Waals surface area (Å²) < 4.78 is 1.45. The second kappa shape index (κ2) is 6.30. The van der Waals surface area contributed by atoms with Crippen molar-refractivity contribution < 1.29 is 4.79 Å². The van der Waals surface area contributed by atoms with E-state index < -0.39 is 0 Å². The molecule has 0 saturated carbocycles. The van der Waals surface area contributed by atoms with Crippen LogP contribution in [0.15, 0.2) is 39.9 Å². The summed E-state index contributed by atoms with van der Waals surface area (Å²) >= 11 is 3.83. The number of hydrogen-bond acceptors (Lipinski definition) is 4. The van der Waals surface area contributed by atoms with Crippen LogP contribution in [0.4, 0.5) is 5.69 Å². The fraction of sp³-hybridized carbons (Fsp3) is 0.389. The molecule has 3 atom stereocenters. The van der Waals surface area contributed by atoms with Crippen LogP contribution in [0.25, 0.3) is 0 Å². The zero-order valence-corrected chi connectivity index (χ0v) is 14.7. The average Bonchev–Trinajstić information content (AvgIpc) is 3.00. The summed E-state index contributed by atoms with van der Waals surface area (Å²) in [4.78, 5) is 12.0. The minimum atomic E-state index is 0.124. The lowest BCUT2D eigenvalue weighted by Gasteiger charge is -2.31. The SMILES string of the molecule is C[C@H]1C[C@@H](NC[C@@H]2CC(=O)Nc3ccccc32)c2ccsc2S1. The quantitative estimate of drug-likeness (QED) is 0.868. The van der Waals surface area contributed by atoms with Gasteiger partial charge in [0.2, 0.25) is 5.91 Å². The van der Waals surface area contributed by atoms with E-state index in [0.717, 1.165) is 18.7 Å². The Morgan fingerprint density at radius 1 is 1.26 bits per heavy atom. The summed E-state index contributed by atoms with van der Waals surface area (Å²) in [5.74, 6) is 0.381. The van der Waals surface area contributed by atoms with Gasteiger partial charge in [0.05, 0.1) is 4.21 Å². The molecule has 0 saturated heterocycles. The Morgan fingerprint density at radius 3 is 3.04 bits per heavy atom. The summed E-state index contributed by atoms with van der Waals surface area (Å²) in [5.41, 5.74) is 3.66. The van der Waals surface area contributed by atoms with Gasteiger partial charge in [-0.1, -0.05) is 25.1 Å². The predicted molar refractivity (Wildman–Crippen MR) is 97.4 cm³/mol. The van der Waals surface area contributed by atoms with Crippen molar-refractivity contribution in [1.29, 1.82) is 0 Å². The van der Waals surface area contributed by atoms with E-state index in [1.807, 2.05) is 35.2 Å². The molecule has 2 aromatic rings. The number of fused-ring (bicyclic) bond motifs is 2. The number of thiophene rings is 1. The van der Waals surface area contributed by atoms with E-state index in [1.165, 1.54) is 15.3 Å². The van der Waals surface area contributed by atoms with Gasteiger partial charge in [0.1, 0.15) is 0 Å². The number of nitrogens with one attached hydrogen (secondary N) is 2. The van der Waals surface area contributed by atoms with E-state index in [-0.39, 0.29) is 11.8 Å². The number of thioether (sulfide) groups is 1. The summed E-state index contributed by atoms with van der Waals surface area (Å²) in [6, 6.07) is 10.8. The molecule has 1 aromatic carbocycles. The molecule has 23 heavy (non-hydrogen) atoms. The molecule has 3 heterocycles. The number of carbonyl (C=O) groups is 1. The second-order valence-corrected chi connectivity index (χ2v) is 8.95. The lowest BCUT2D eigenvalue weighted by Crippen LogP contribution is -2.33. The number of anilines is 1. The first kappa shape index (κ1) is 15.2. The van der Waals surface area contributed by atoms with Crippen LogP contribution in [0.1, 0.15) is 42.9 Å². The van der Waals surface area contributed by atoms with Gasteiger partial charge in [0.25, 0.3) is 0 Å². The molecule has 1 amide bonds. The van der Waals surface area contributed by atoms with E-state index in [0.29, 0.717) is 17.7 Å². The largest absolute Gasteiger partial charge is 0.326 e. The molecule has 2 aliphatic heterocycles. The predicted octanol–water partition coefficient (Wildman–Crippen LogP) is 4.39. The zero-order valence-electron chi connectivity index (χ0n) is 13.0. The van der Waals surface area contributed by atoms with Crippen LogP contribution in [0, 0.1) is 0 Å². The Labute approximate surface area is 144 Å². The molecule has 0 unspecified atom stereocenters. The fourth-order valence-electron chi connectivity index (χ4n) is 3.51. The number of amides is 1. The molecule has 2 aliphatic rings. The third-order valence-electron chi connectivity index (χ3n) is 4.63. The topological polar surface area (TPSA) is 41.1 Å². The van der Waals surface area contributed by atoms with Crippen molar-refractivity contribution in [3.63, 3.8) is 0 Å². The van der Waals surface area contributed by atoms with E-state index in [4.69, 9.17) is 0 Å². The van der Waals surface area contributed by atoms with Gasteiger partial charge in [-0.15, -0.1) is 23.1 Å². The van der Waals surface area contributed by atoms with Crippen LogP contribution in [0.3, 0.4) is 0 Å². The molecule has 0 spiro atoms. The first-order chi connectivity index (χ1) is 11.2. The molecule has 5 heteroatoms. The second-order valence-electron chi connectivity index (χ2n) is 6.32. The molecule has 3 nitrogen and oxygen atoms in total. The minimum absolute atomic E-state index is 0.124. The Hall–Kier alpha value is -1.30. The first-order valence-corrected chi connectivity index (χ1v) is 9.83. The van der Waals surface area contributed by atoms with Gasteiger partial charge in [0.15, 0.2) is 0 Å². The minimum Gasteiger partial charge on any atom is -0.326 e. The van der Waals surface area contributed by atoms with Crippen LogP contribution in [-0.2, 0) is 4.79 Å². The highest BCUT2D eigenvalue weighted by molar-refractivity contribution is 8.01. The molecule has 120 valence electrons. The van der Waals surface area contributed by atoms with Crippen molar-refractivity contribution >= 4 is 34.7 Å². The third kappa shape index (κ3) is 3.05. The summed E-state index contributed by atoms with van der Waals surface area (Å²) in [5, 5.41) is 9.54. The highest BCUT2D eigenvalue weighted by Gasteiger charge is 2.29. The van der Waals surface area contributed by atoms with Crippen molar-refractivity contribution in [2.45, 2.75) is 41.2 Å². The molecule has 0 radical (unpaired) electrons. The van der Waals surface area contributed by atoms with E-state index >= 15 is 0 Å². The first-order valence-electron chi connectivity index (χ1n) is 8.07. The fourth-order valence-corrected chi connectivity index (χ4v) is 6.08. The van der Waals surface area contributed by atoms with Gasteiger partial charge in [-0.05, 0) is 35.1 Å². The lowest BCUT2D eigenvalue weighted by atomic mass is 9.90. The number of benzene rings is 1. The van der Waals surface area contributed by atoms with Gasteiger partial charge in [0, 0.05) is 35.9 Å². The van der Waals surface area contributed by atoms with Gasteiger partial charge in [-0.2, -0.15) is 0 Å². The smallest absolute Gasteiger partial charge is 0.225 e. The van der Waals surface area contributed by atoms with Gasteiger partial charge in [-0.25, -0.2) is 0 Å². The van der Waals surface area contributed by atoms with Crippen molar-refractivity contribution in [1.82, 2.24) is 5.32 Å². The molecule has 0 bridgehead atoms. The molecule has 2 N–H and O–H groups in total. The number of hydrogen-bond donors (Lipinski definition) is 2. The lowest BCUT2D eigenvalue weighted by molar-refractivity contribution is -0.116. The van der Waals surface area contributed by atoms with Crippen molar-refractivity contribution in [2.75, 3.05) is 11.9 Å². The number of rotatable bonds is 3. The van der Waals surface area contributed by atoms with Gasteiger partial charge >= 0.3 is 0 Å². The molecular weight excluding hydrogens is 324 g/mol. The van der Waals surface area contributed by atoms with Crippen LogP contribution in [0.2, 0.25) is 0 Å². The third-order valence-corrected chi connectivity index (χ3v) is 6.97. The van der Waals surface area contributed by atoms with E-state index in [1.54, 1.807) is 0 Å². The Bertz CT molecular complexity index is 727. The van der Waals surface area contributed by atoms with Crippen LogP contribution < -0.4 is 10.6 Å². The molecule has 4 rings (SSSR count). The van der Waals surface area contributed by atoms with Crippen LogP contribution in [0.5, 0.6) is 0 Å². The van der Waals surface area contributed by atoms with Crippen molar-refractivity contribution in [3.8, 4) is 0 Å². The van der Waals surface area contributed by atoms with Crippen molar-refractivity contribution in [2.24, 2.45) is 0 Å². The number of para-hydroxylation sites is 1. The Morgan fingerprint density at radius 2 is 2.13 bits per heavy atom. The highest BCUT2D eigenvalue weighted by atomic mass is 32.2. The molecule has 1 aromatic heterocycles. The van der Waals surface area contributed by atoms with Crippen LogP contribution in [-0.4, -0.2) is 17.7 Å². The molecule has 0 aliphatic carbocycles. The summed E-state index contributed by atoms with van der Waals surface area (Å²) in [6.45, 7) is 3.15. The van der Waals surface area contributed by atoms with E-state index in [9.17, 15) is 4.79 Å². The molecular formula is C18H20N2OS2. The van der Waals surface area contributed by atoms with Crippen LogP contribution >= 0.6 is 23.1 Å². The summed E-state index contributed by atoms with van der Waals surface area (Å²) in [6.07, 6.45) is 1.71. The Kier molecular flexibility index (Phi) is 4.18. The normalized spacial score (nSPS) is 26.3. The monoisotopic (exact) mass is 344 g/mol. The summed E-state index contributed by atoms with van der Waals surface area (Å²) in [7, 11) is 0. The zero-order chi connectivity index (χ0) is 15.8. The van der Waals surface area contributed by atoms with Gasteiger partial charge in [-0.3, -0.25) is 4.79 Å². The maximum absolute atomic E-state index is 12.0. The average molecular weight is 345 g/mol. The maximum Gasteiger partial charge on any atom is 0.225 e. The molecule has 0 fully saturated rings. The van der Waals surface area contributed by atoms with E-state index in [2.05, 4.69) is 41.1 Å². The van der Waals surface area contributed by atoms with Gasteiger partial charge < -0.3 is 10.6 Å². The standard InChI is InChI=1S/C18H20N2OS2/c1-11-8-16(14-6-7-22-18(14)23-11)19-10-12-9-17(21)20-15-5-3-2-4-13(12)15/h2-7,11-12,16,19H,8-10H2,1H3,(H,20,21)/t11-,12-,16+/m0/s1. The Balaban J connectivity index is 1.51. The maximum atomic E-state index is 12.0. The highest BCUT2D eigenvalue weighted by Crippen LogP contribution is 2.44.